The molecule has 1 saturated carbocycles. The zero-order valence-corrected chi connectivity index (χ0v) is 17.3. The minimum atomic E-state index is 0.623. The summed E-state index contributed by atoms with van der Waals surface area (Å²) in [5.74, 6) is 1.53. The van der Waals surface area contributed by atoms with Crippen molar-refractivity contribution in [3.63, 3.8) is 0 Å². The average Bonchev–Trinajstić information content (AvgIpc) is 3.21. The molecule has 1 aromatic carbocycles. The SMILES string of the molecule is CCOc1ccc(-c2nc(CN(Cc3cccs3)C3CC3)cs2)cc1OC. The van der Waals surface area contributed by atoms with Crippen LogP contribution in [0.15, 0.2) is 41.1 Å². The largest absolute Gasteiger partial charge is 0.493 e. The van der Waals surface area contributed by atoms with Crippen LogP contribution in [0.5, 0.6) is 11.5 Å². The fraction of sp³-hybridized carbons (Fsp3) is 0.381. The van der Waals surface area contributed by atoms with E-state index in [1.165, 1.54) is 17.7 Å². The van der Waals surface area contributed by atoms with Crippen molar-refractivity contribution < 1.29 is 9.47 Å². The van der Waals surface area contributed by atoms with Gasteiger partial charge in [-0.15, -0.1) is 22.7 Å². The summed E-state index contributed by atoms with van der Waals surface area (Å²) in [5, 5.41) is 5.36. The lowest BCUT2D eigenvalue weighted by Crippen LogP contribution is -2.24. The Balaban J connectivity index is 1.49. The van der Waals surface area contributed by atoms with Crippen LogP contribution in [0.3, 0.4) is 0 Å². The molecule has 3 aromatic rings. The first kappa shape index (κ1) is 18.5. The van der Waals surface area contributed by atoms with E-state index in [0.717, 1.165) is 40.9 Å². The minimum absolute atomic E-state index is 0.623. The van der Waals surface area contributed by atoms with Crippen LogP contribution >= 0.6 is 22.7 Å². The Morgan fingerprint density at radius 3 is 2.74 bits per heavy atom. The van der Waals surface area contributed by atoms with Crippen LogP contribution in [0.1, 0.15) is 30.3 Å². The fourth-order valence-electron chi connectivity index (χ4n) is 3.15. The molecule has 142 valence electrons. The van der Waals surface area contributed by atoms with E-state index in [0.29, 0.717) is 12.6 Å². The van der Waals surface area contributed by atoms with Crippen molar-refractivity contribution in [2.24, 2.45) is 0 Å². The van der Waals surface area contributed by atoms with Gasteiger partial charge in [0.1, 0.15) is 5.01 Å². The van der Waals surface area contributed by atoms with Gasteiger partial charge in [0.05, 0.1) is 19.4 Å². The topological polar surface area (TPSA) is 34.6 Å². The molecule has 0 aliphatic heterocycles. The van der Waals surface area contributed by atoms with E-state index < -0.39 is 0 Å². The number of aromatic nitrogens is 1. The lowest BCUT2D eigenvalue weighted by atomic mass is 10.2. The van der Waals surface area contributed by atoms with Crippen LogP contribution in [0.25, 0.3) is 10.6 Å². The molecule has 0 atom stereocenters. The molecule has 0 amide bonds. The van der Waals surface area contributed by atoms with Gasteiger partial charge in [-0.05, 0) is 49.4 Å². The van der Waals surface area contributed by atoms with Crippen molar-refractivity contribution in [1.82, 2.24) is 9.88 Å². The number of hydrogen-bond acceptors (Lipinski definition) is 6. The zero-order valence-electron chi connectivity index (χ0n) is 15.7. The van der Waals surface area contributed by atoms with E-state index in [9.17, 15) is 0 Å². The van der Waals surface area contributed by atoms with E-state index >= 15 is 0 Å². The summed E-state index contributed by atoms with van der Waals surface area (Å²) in [6.45, 7) is 4.53. The molecule has 1 aliphatic carbocycles. The van der Waals surface area contributed by atoms with E-state index in [2.05, 4.69) is 33.9 Å². The van der Waals surface area contributed by atoms with Gasteiger partial charge in [-0.25, -0.2) is 4.98 Å². The first-order valence-corrected chi connectivity index (χ1v) is 11.0. The van der Waals surface area contributed by atoms with Crippen LogP contribution in [-0.4, -0.2) is 29.6 Å². The van der Waals surface area contributed by atoms with Crippen molar-refractivity contribution in [2.45, 2.75) is 38.9 Å². The highest BCUT2D eigenvalue weighted by atomic mass is 32.1. The highest BCUT2D eigenvalue weighted by Crippen LogP contribution is 2.35. The Hall–Kier alpha value is -1.89. The molecule has 0 radical (unpaired) electrons. The molecule has 0 N–H and O–H groups in total. The van der Waals surface area contributed by atoms with Crippen molar-refractivity contribution in [3.05, 3.63) is 51.7 Å². The van der Waals surface area contributed by atoms with Gasteiger partial charge in [-0.2, -0.15) is 0 Å². The summed E-state index contributed by atoms with van der Waals surface area (Å²) in [4.78, 5) is 8.88. The van der Waals surface area contributed by atoms with Crippen LogP contribution in [0.2, 0.25) is 0 Å². The smallest absolute Gasteiger partial charge is 0.161 e. The first-order chi connectivity index (χ1) is 13.3. The van der Waals surface area contributed by atoms with Crippen molar-refractivity contribution in [3.8, 4) is 22.1 Å². The second kappa shape index (κ2) is 8.42. The first-order valence-electron chi connectivity index (χ1n) is 9.29. The number of hydrogen-bond donors (Lipinski definition) is 0. The Bertz CT molecular complexity index is 872. The van der Waals surface area contributed by atoms with Crippen molar-refractivity contribution in [1.29, 1.82) is 0 Å². The standard InChI is InChI=1S/C21H24N2O2S2/c1-3-25-19-9-6-15(11-20(19)24-2)21-22-16(14-27-21)12-23(17-7-8-17)13-18-5-4-10-26-18/h4-6,9-11,14,17H,3,7-8,12-13H2,1-2H3. The summed E-state index contributed by atoms with van der Waals surface area (Å²) >= 11 is 3.52. The third-order valence-corrected chi connectivity index (χ3v) is 6.43. The monoisotopic (exact) mass is 400 g/mol. The van der Waals surface area contributed by atoms with E-state index in [4.69, 9.17) is 14.5 Å². The second-order valence-electron chi connectivity index (χ2n) is 6.66. The normalized spacial score (nSPS) is 13.9. The Kier molecular flexibility index (Phi) is 5.76. The van der Waals surface area contributed by atoms with E-state index in [1.807, 2.05) is 30.4 Å². The molecule has 1 fully saturated rings. The van der Waals surface area contributed by atoms with Gasteiger partial charge >= 0.3 is 0 Å². The molecular formula is C21H24N2O2S2. The quantitative estimate of drug-likeness (QED) is 0.479. The third-order valence-electron chi connectivity index (χ3n) is 4.63. The number of nitrogens with zero attached hydrogens (tertiary/aromatic N) is 2. The predicted molar refractivity (Wildman–Crippen MR) is 112 cm³/mol. The lowest BCUT2D eigenvalue weighted by Gasteiger charge is -2.20. The summed E-state index contributed by atoms with van der Waals surface area (Å²) in [6.07, 6.45) is 2.61. The van der Waals surface area contributed by atoms with Crippen LogP contribution in [-0.2, 0) is 13.1 Å². The summed E-state index contributed by atoms with van der Waals surface area (Å²) in [5.41, 5.74) is 2.22. The number of ether oxygens (including phenoxy) is 2. The van der Waals surface area contributed by atoms with Gasteiger partial charge in [-0.1, -0.05) is 6.07 Å². The maximum atomic E-state index is 5.61. The number of thiophene rings is 1. The minimum Gasteiger partial charge on any atom is -0.493 e. The van der Waals surface area contributed by atoms with E-state index in [1.54, 1.807) is 18.4 Å². The van der Waals surface area contributed by atoms with Crippen LogP contribution in [0, 0.1) is 0 Å². The third kappa shape index (κ3) is 4.51. The molecule has 1 aliphatic rings. The number of rotatable bonds is 9. The fourth-order valence-corrected chi connectivity index (χ4v) is 4.69. The number of thiazole rings is 1. The van der Waals surface area contributed by atoms with Crippen LogP contribution < -0.4 is 9.47 Å². The molecule has 6 heteroatoms. The predicted octanol–water partition coefficient (Wildman–Crippen LogP) is 5.44. The van der Waals surface area contributed by atoms with Gasteiger partial charge < -0.3 is 9.47 Å². The molecule has 4 nitrogen and oxygen atoms in total. The molecule has 4 rings (SSSR count). The van der Waals surface area contributed by atoms with Gasteiger partial charge in [0, 0.05) is 35.0 Å². The lowest BCUT2D eigenvalue weighted by molar-refractivity contribution is 0.245. The molecule has 27 heavy (non-hydrogen) atoms. The van der Waals surface area contributed by atoms with Gasteiger partial charge in [-0.3, -0.25) is 4.90 Å². The average molecular weight is 401 g/mol. The van der Waals surface area contributed by atoms with Gasteiger partial charge in [0.2, 0.25) is 0 Å². The summed E-state index contributed by atoms with van der Waals surface area (Å²) in [6, 6.07) is 11.1. The Labute approximate surface area is 168 Å². The zero-order chi connectivity index (χ0) is 18.6. The molecule has 0 saturated heterocycles. The number of benzene rings is 1. The maximum Gasteiger partial charge on any atom is 0.161 e. The highest BCUT2D eigenvalue weighted by molar-refractivity contribution is 7.13. The highest BCUT2D eigenvalue weighted by Gasteiger charge is 2.29. The van der Waals surface area contributed by atoms with Gasteiger partial charge in [0.15, 0.2) is 11.5 Å². The van der Waals surface area contributed by atoms with Crippen molar-refractivity contribution >= 4 is 22.7 Å². The molecule has 0 bridgehead atoms. The molecular weight excluding hydrogens is 376 g/mol. The molecule has 0 unspecified atom stereocenters. The van der Waals surface area contributed by atoms with Gasteiger partial charge in [0.25, 0.3) is 0 Å². The maximum absolute atomic E-state index is 5.61. The second-order valence-corrected chi connectivity index (χ2v) is 8.55. The van der Waals surface area contributed by atoms with E-state index in [-0.39, 0.29) is 0 Å². The summed E-state index contributed by atoms with van der Waals surface area (Å²) in [7, 11) is 1.67. The number of methoxy groups -OCH3 is 1. The van der Waals surface area contributed by atoms with Crippen molar-refractivity contribution in [2.75, 3.05) is 13.7 Å². The molecule has 0 spiro atoms. The molecule has 2 aromatic heterocycles. The Morgan fingerprint density at radius 1 is 1.15 bits per heavy atom. The Morgan fingerprint density at radius 2 is 2.04 bits per heavy atom. The molecule has 2 heterocycles. The summed E-state index contributed by atoms with van der Waals surface area (Å²) < 4.78 is 11.1. The van der Waals surface area contributed by atoms with Crippen LogP contribution in [0.4, 0.5) is 0 Å².